The Hall–Kier alpha value is -1.43. The summed E-state index contributed by atoms with van der Waals surface area (Å²) in [6, 6.07) is 12.5. The predicted molar refractivity (Wildman–Crippen MR) is 94.0 cm³/mol. The molecule has 0 saturated carbocycles. The van der Waals surface area contributed by atoms with Crippen molar-refractivity contribution in [2.24, 2.45) is 0 Å². The second kappa shape index (κ2) is 7.02. The van der Waals surface area contributed by atoms with Crippen molar-refractivity contribution in [1.82, 2.24) is 5.32 Å². The molecule has 0 saturated heterocycles. The number of carbonyl (C=O) groups is 1. The van der Waals surface area contributed by atoms with Crippen molar-refractivity contribution in [2.45, 2.75) is 6.92 Å². The molecule has 0 aliphatic carbocycles. The van der Waals surface area contributed by atoms with Gasteiger partial charge in [0.2, 0.25) is 0 Å². The van der Waals surface area contributed by atoms with Crippen molar-refractivity contribution in [3.8, 4) is 0 Å². The van der Waals surface area contributed by atoms with E-state index in [0.29, 0.717) is 10.6 Å². The molecular weight excluding hydrogens is 372 g/mol. The number of hydrogen-bond donors (Lipinski definition) is 2. The quantitative estimate of drug-likeness (QED) is 0.748. The van der Waals surface area contributed by atoms with Gasteiger partial charge in [-0.25, -0.2) is 0 Å². The highest BCUT2D eigenvalue weighted by molar-refractivity contribution is 9.10. The van der Waals surface area contributed by atoms with E-state index in [2.05, 4.69) is 26.6 Å². The number of benzene rings is 2. The summed E-state index contributed by atoms with van der Waals surface area (Å²) in [6.07, 6.45) is 0. The zero-order valence-electron chi connectivity index (χ0n) is 11.1. The van der Waals surface area contributed by atoms with Crippen LogP contribution in [-0.4, -0.2) is 11.0 Å². The number of halogens is 2. The fraction of sp³-hybridized carbons (Fsp3) is 0.0667. The van der Waals surface area contributed by atoms with E-state index in [1.807, 2.05) is 25.1 Å². The van der Waals surface area contributed by atoms with Crippen molar-refractivity contribution >= 4 is 56.5 Å². The summed E-state index contributed by atoms with van der Waals surface area (Å²) >= 11 is 14.5. The maximum atomic E-state index is 12.1. The summed E-state index contributed by atoms with van der Waals surface area (Å²) in [4.78, 5) is 12.1. The van der Waals surface area contributed by atoms with Gasteiger partial charge in [0.15, 0.2) is 5.11 Å². The first-order valence-corrected chi connectivity index (χ1v) is 7.68. The minimum atomic E-state index is -0.270. The molecule has 0 aliphatic heterocycles. The Labute approximate surface area is 141 Å². The van der Waals surface area contributed by atoms with Gasteiger partial charge in [-0.3, -0.25) is 10.1 Å². The Morgan fingerprint density at radius 2 is 1.95 bits per heavy atom. The molecule has 2 N–H and O–H groups in total. The van der Waals surface area contributed by atoms with Gasteiger partial charge in [0.1, 0.15) is 0 Å². The van der Waals surface area contributed by atoms with Crippen LogP contribution in [0.4, 0.5) is 5.69 Å². The molecule has 0 heterocycles. The lowest BCUT2D eigenvalue weighted by Gasteiger charge is -2.12. The van der Waals surface area contributed by atoms with Gasteiger partial charge < -0.3 is 5.32 Å². The van der Waals surface area contributed by atoms with E-state index < -0.39 is 0 Å². The van der Waals surface area contributed by atoms with Crippen LogP contribution in [0.15, 0.2) is 46.9 Å². The molecule has 2 aromatic rings. The molecular formula is C15H12BrClN2OS. The van der Waals surface area contributed by atoms with E-state index in [1.54, 1.807) is 24.3 Å². The number of thiocarbonyl (C=S) groups is 1. The van der Waals surface area contributed by atoms with Crippen LogP contribution in [0.1, 0.15) is 15.9 Å². The summed E-state index contributed by atoms with van der Waals surface area (Å²) in [7, 11) is 0. The van der Waals surface area contributed by atoms with Crippen molar-refractivity contribution < 1.29 is 4.79 Å². The molecule has 0 aliphatic rings. The van der Waals surface area contributed by atoms with E-state index >= 15 is 0 Å². The van der Waals surface area contributed by atoms with E-state index in [1.165, 1.54) is 0 Å². The molecule has 2 rings (SSSR count). The van der Waals surface area contributed by atoms with Crippen LogP contribution >= 0.6 is 39.7 Å². The Kier molecular flexibility index (Phi) is 5.33. The van der Waals surface area contributed by atoms with Crippen LogP contribution in [0.25, 0.3) is 0 Å². The summed E-state index contributed by atoms with van der Waals surface area (Å²) in [6.45, 7) is 1.88. The second-order valence-electron chi connectivity index (χ2n) is 4.33. The average molecular weight is 384 g/mol. The van der Waals surface area contributed by atoms with Gasteiger partial charge >= 0.3 is 0 Å². The fourth-order valence-corrected chi connectivity index (χ4v) is 2.48. The van der Waals surface area contributed by atoms with Gasteiger partial charge in [-0.1, -0.05) is 39.7 Å². The maximum absolute atomic E-state index is 12.1. The van der Waals surface area contributed by atoms with E-state index in [4.69, 9.17) is 23.8 Å². The SMILES string of the molecule is Cc1c(Cl)cccc1NC(=S)NC(=O)c1cccc(Br)c1. The first-order chi connectivity index (χ1) is 9.97. The van der Waals surface area contributed by atoms with Gasteiger partial charge in [-0.15, -0.1) is 0 Å². The van der Waals surface area contributed by atoms with E-state index in [9.17, 15) is 4.79 Å². The third-order valence-electron chi connectivity index (χ3n) is 2.83. The molecule has 0 aromatic heterocycles. The maximum Gasteiger partial charge on any atom is 0.257 e. The molecule has 108 valence electrons. The van der Waals surface area contributed by atoms with Crippen molar-refractivity contribution in [3.63, 3.8) is 0 Å². The van der Waals surface area contributed by atoms with Gasteiger partial charge in [0.25, 0.3) is 5.91 Å². The number of rotatable bonds is 2. The van der Waals surface area contributed by atoms with E-state index in [-0.39, 0.29) is 11.0 Å². The molecule has 3 nitrogen and oxygen atoms in total. The van der Waals surface area contributed by atoms with Crippen LogP contribution in [-0.2, 0) is 0 Å². The third-order valence-corrected chi connectivity index (χ3v) is 3.94. The van der Waals surface area contributed by atoms with Crippen LogP contribution in [0.2, 0.25) is 5.02 Å². The van der Waals surface area contributed by atoms with Gasteiger partial charge in [0.05, 0.1) is 0 Å². The largest absolute Gasteiger partial charge is 0.332 e. The zero-order valence-corrected chi connectivity index (χ0v) is 14.3. The molecule has 0 radical (unpaired) electrons. The summed E-state index contributed by atoms with van der Waals surface area (Å²) < 4.78 is 0.833. The molecule has 0 atom stereocenters. The zero-order chi connectivity index (χ0) is 15.4. The van der Waals surface area contributed by atoms with Crippen molar-refractivity contribution in [1.29, 1.82) is 0 Å². The van der Waals surface area contributed by atoms with Crippen LogP contribution in [0, 0.1) is 6.92 Å². The van der Waals surface area contributed by atoms with Gasteiger partial charge in [-0.2, -0.15) is 0 Å². The molecule has 21 heavy (non-hydrogen) atoms. The molecule has 0 spiro atoms. The molecule has 0 bridgehead atoms. The predicted octanol–water partition coefficient (Wildman–Crippen LogP) is 4.54. The van der Waals surface area contributed by atoms with Gasteiger partial charge in [0, 0.05) is 20.7 Å². The average Bonchev–Trinajstić information content (AvgIpc) is 2.44. The number of carbonyl (C=O) groups excluding carboxylic acids is 1. The Balaban J connectivity index is 2.05. The standard InChI is InChI=1S/C15H12BrClN2OS/c1-9-12(17)6-3-7-13(9)18-15(21)19-14(20)10-4-2-5-11(16)8-10/h2-8H,1H3,(H2,18,19,20,21). The molecule has 6 heteroatoms. The lowest BCUT2D eigenvalue weighted by atomic mass is 10.2. The smallest absolute Gasteiger partial charge is 0.257 e. The highest BCUT2D eigenvalue weighted by Crippen LogP contribution is 2.22. The molecule has 0 unspecified atom stereocenters. The molecule has 2 aromatic carbocycles. The van der Waals surface area contributed by atoms with Crippen LogP contribution in [0.3, 0.4) is 0 Å². The number of anilines is 1. The topological polar surface area (TPSA) is 41.1 Å². The normalized spacial score (nSPS) is 10.0. The minimum absolute atomic E-state index is 0.227. The number of hydrogen-bond acceptors (Lipinski definition) is 2. The lowest BCUT2D eigenvalue weighted by Crippen LogP contribution is -2.34. The number of nitrogens with one attached hydrogen (secondary N) is 2. The third kappa shape index (κ3) is 4.27. The summed E-state index contributed by atoms with van der Waals surface area (Å²) in [5.41, 5.74) is 2.16. The first-order valence-electron chi connectivity index (χ1n) is 6.10. The molecule has 0 fully saturated rings. The minimum Gasteiger partial charge on any atom is -0.332 e. The fourth-order valence-electron chi connectivity index (χ4n) is 1.70. The Bertz CT molecular complexity index is 706. The Morgan fingerprint density at radius 1 is 1.24 bits per heavy atom. The first kappa shape index (κ1) is 15.9. The Morgan fingerprint density at radius 3 is 2.67 bits per heavy atom. The summed E-state index contributed by atoms with van der Waals surface area (Å²) in [5.74, 6) is -0.270. The van der Waals surface area contributed by atoms with Crippen LogP contribution < -0.4 is 10.6 Å². The van der Waals surface area contributed by atoms with Gasteiger partial charge in [-0.05, 0) is 55.0 Å². The van der Waals surface area contributed by atoms with Crippen molar-refractivity contribution in [2.75, 3.05) is 5.32 Å². The monoisotopic (exact) mass is 382 g/mol. The van der Waals surface area contributed by atoms with E-state index in [0.717, 1.165) is 15.7 Å². The van der Waals surface area contributed by atoms with Crippen molar-refractivity contribution in [3.05, 3.63) is 63.1 Å². The number of amides is 1. The highest BCUT2D eigenvalue weighted by atomic mass is 79.9. The molecule has 1 amide bonds. The summed E-state index contributed by atoms with van der Waals surface area (Å²) in [5, 5.41) is 6.47. The van der Waals surface area contributed by atoms with Crippen LogP contribution in [0.5, 0.6) is 0 Å². The second-order valence-corrected chi connectivity index (χ2v) is 6.06. The highest BCUT2D eigenvalue weighted by Gasteiger charge is 2.09. The lowest BCUT2D eigenvalue weighted by molar-refractivity contribution is 0.0977.